The lowest BCUT2D eigenvalue weighted by molar-refractivity contribution is 0.101. The molecule has 1 aromatic heterocycles. The van der Waals surface area contributed by atoms with Crippen molar-refractivity contribution >= 4 is 55.9 Å². The Morgan fingerprint density at radius 2 is 2.20 bits per heavy atom. The molecule has 1 aliphatic rings. The van der Waals surface area contributed by atoms with Crippen LogP contribution in [0.1, 0.15) is 29.8 Å². The Kier molecular flexibility index (Phi) is 4.81. The number of fused-ring (bicyclic) bond motifs is 1. The van der Waals surface area contributed by atoms with Crippen molar-refractivity contribution in [3.05, 3.63) is 40.8 Å². The van der Waals surface area contributed by atoms with E-state index in [0.29, 0.717) is 12.1 Å². The van der Waals surface area contributed by atoms with E-state index < -0.39 is 10.0 Å². The summed E-state index contributed by atoms with van der Waals surface area (Å²) in [6.07, 6.45) is 0.375. The molecule has 9 heteroatoms. The molecule has 1 aliphatic heterocycles. The second-order valence-corrected chi connectivity index (χ2v) is 8.92. The van der Waals surface area contributed by atoms with Gasteiger partial charge < -0.3 is 10.1 Å². The zero-order chi connectivity index (χ0) is 18.2. The number of ether oxygens (including phenoxy) is 1. The maximum atomic E-state index is 12.5. The number of nitrogens with one attached hydrogen (secondary N) is 2. The number of anilines is 2. The molecular formula is C16H16N2O4S3. The molecule has 25 heavy (non-hydrogen) atoms. The Bertz CT molecular complexity index is 937. The second kappa shape index (κ2) is 6.74. The van der Waals surface area contributed by atoms with Gasteiger partial charge in [0.25, 0.3) is 15.2 Å². The fraction of sp³-hybridized carbons (Fsp3) is 0.250. The SMILES string of the molecule is CC(=O)c1cc2c(cc1NS(=O)(=O)c1cccs1)CC(C)OC(=S)N2. The van der Waals surface area contributed by atoms with E-state index in [4.69, 9.17) is 17.0 Å². The number of thiophene rings is 1. The van der Waals surface area contributed by atoms with E-state index in [9.17, 15) is 13.2 Å². The van der Waals surface area contributed by atoms with E-state index in [0.717, 1.165) is 16.9 Å². The molecule has 1 unspecified atom stereocenters. The fourth-order valence-corrected chi connectivity index (χ4v) is 4.93. The number of benzene rings is 1. The predicted octanol–water partition coefficient (Wildman–Crippen LogP) is 3.41. The highest BCUT2D eigenvalue weighted by Gasteiger charge is 2.23. The summed E-state index contributed by atoms with van der Waals surface area (Å²) in [5.74, 6) is -0.252. The highest BCUT2D eigenvalue weighted by atomic mass is 32.2. The van der Waals surface area contributed by atoms with Gasteiger partial charge in [0.05, 0.1) is 5.69 Å². The van der Waals surface area contributed by atoms with Gasteiger partial charge in [-0.15, -0.1) is 11.3 Å². The van der Waals surface area contributed by atoms with Gasteiger partial charge in [0, 0.05) is 17.7 Å². The van der Waals surface area contributed by atoms with Gasteiger partial charge in [-0.25, -0.2) is 8.42 Å². The number of carbonyl (C=O) groups is 1. The van der Waals surface area contributed by atoms with Crippen molar-refractivity contribution in [2.24, 2.45) is 0 Å². The summed E-state index contributed by atoms with van der Waals surface area (Å²) < 4.78 is 33.2. The van der Waals surface area contributed by atoms with Gasteiger partial charge in [-0.1, -0.05) is 6.07 Å². The molecule has 0 spiro atoms. The molecule has 2 heterocycles. The van der Waals surface area contributed by atoms with E-state index in [1.165, 1.54) is 13.0 Å². The number of thiocarbonyl (C=S) groups is 1. The number of Topliss-reactive ketones (excluding diaryl/α,β-unsaturated/α-hetero) is 1. The monoisotopic (exact) mass is 396 g/mol. The summed E-state index contributed by atoms with van der Waals surface area (Å²) in [6.45, 7) is 3.26. The number of hydrogen-bond donors (Lipinski definition) is 2. The number of ketones is 1. The summed E-state index contributed by atoms with van der Waals surface area (Å²) in [6, 6.07) is 6.45. The molecule has 2 aromatic rings. The molecule has 3 rings (SSSR count). The lowest BCUT2D eigenvalue weighted by Gasteiger charge is -2.15. The zero-order valence-corrected chi connectivity index (χ0v) is 16.0. The Labute approximate surface area is 155 Å². The molecule has 0 radical (unpaired) electrons. The van der Waals surface area contributed by atoms with Crippen LogP contribution in [0.15, 0.2) is 33.9 Å². The van der Waals surface area contributed by atoms with E-state index >= 15 is 0 Å². The number of sulfonamides is 1. The quantitative estimate of drug-likeness (QED) is 0.609. The van der Waals surface area contributed by atoms with Crippen LogP contribution in [0.5, 0.6) is 0 Å². The third kappa shape index (κ3) is 3.83. The lowest BCUT2D eigenvalue weighted by Crippen LogP contribution is -2.17. The van der Waals surface area contributed by atoms with Gasteiger partial charge >= 0.3 is 0 Å². The summed E-state index contributed by atoms with van der Waals surface area (Å²) >= 11 is 6.21. The summed E-state index contributed by atoms with van der Waals surface area (Å²) in [7, 11) is -3.75. The Morgan fingerprint density at radius 3 is 2.84 bits per heavy atom. The van der Waals surface area contributed by atoms with E-state index in [1.807, 2.05) is 6.92 Å². The van der Waals surface area contributed by atoms with Crippen molar-refractivity contribution in [1.29, 1.82) is 0 Å². The lowest BCUT2D eigenvalue weighted by atomic mass is 10.0. The van der Waals surface area contributed by atoms with E-state index in [1.54, 1.807) is 23.6 Å². The molecular weight excluding hydrogens is 380 g/mol. The minimum absolute atomic E-state index is 0.161. The molecule has 0 fully saturated rings. The molecule has 0 saturated carbocycles. The van der Waals surface area contributed by atoms with Crippen LogP contribution in [0, 0.1) is 0 Å². The van der Waals surface area contributed by atoms with Gasteiger partial charge in [0.1, 0.15) is 10.3 Å². The fourth-order valence-electron chi connectivity index (χ4n) is 2.59. The highest BCUT2D eigenvalue weighted by molar-refractivity contribution is 7.94. The molecule has 6 nitrogen and oxygen atoms in total. The number of carbonyl (C=O) groups excluding carboxylic acids is 1. The van der Waals surface area contributed by atoms with Gasteiger partial charge in [-0.05, 0) is 55.2 Å². The van der Waals surface area contributed by atoms with Crippen LogP contribution >= 0.6 is 23.6 Å². The normalized spacial score (nSPS) is 17.0. The minimum Gasteiger partial charge on any atom is -0.467 e. The van der Waals surface area contributed by atoms with Gasteiger partial charge in [-0.3, -0.25) is 9.52 Å². The molecule has 0 saturated heterocycles. The van der Waals surface area contributed by atoms with Gasteiger partial charge in [-0.2, -0.15) is 0 Å². The molecule has 0 amide bonds. The third-order valence-electron chi connectivity index (χ3n) is 3.68. The van der Waals surface area contributed by atoms with Crippen molar-refractivity contribution in [2.45, 2.75) is 30.6 Å². The molecule has 0 bridgehead atoms. The van der Waals surface area contributed by atoms with Crippen LogP contribution in [-0.2, 0) is 21.2 Å². The number of hydrogen-bond acceptors (Lipinski definition) is 6. The zero-order valence-electron chi connectivity index (χ0n) is 13.5. The summed E-state index contributed by atoms with van der Waals surface area (Å²) in [4.78, 5) is 12.0. The maximum absolute atomic E-state index is 12.5. The Morgan fingerprint density at radius 1 is 1.44 bits per heavy atom. The summed E-state index contributed by atoms with van der Waals surface area (Å²) in [5, 5.41) is 4.86. The first-order valence-electron chi connectivity index (χ1n) is 7.48. The standard InChI is InChI=1S/C16H16N2O4S3/c1-9-6-11-7-14(18-25(20,21)15-4-3-5-24-15)12(10(2)19)8-13(11)17-16(23)22-9/h3-5,7-9,18H,6H2,1-2H3,(H,17,23). The summed E-state index contributed by atoms with van der Waals surface area (Å²) in [5.41, 5.74) is 1.99. The van der Waals surface area contributed by atoms with Crippen LogP contribution in [-0.4, -0.2) is 25.5 Å². The first-order valence-corrected chi connectivity index (χ1v) is 10.2. The first-order chi connectivity index (χ1) is 11.8. The van der Waals surface area contributed by atoms with Gasteiger partial charge in [0.15, 0.2) is 5.78 Å². The van der Waals surface area contributed by atoms with E-state index in [-0.39, 0.29) is 32.5 Å². The van der Waals surface area contributed by atoms with Crippen LogP contribution in [0.25, 0.3) is 0 Å². The average Bonchev–Trinajstić information content (AvgIpc) is 2.99. The highest BCUT2D eigenvalue weighted by Crippen LogP contribution is 2.31. The third-order valence-corrected chi connectivity index (χ3v) is 6.64. The van der Waals surface area contributed by atoms with Crippen molar-refractivity contribution in [1.82, 2.24) is 0 Å². The smallest absolute Gasteiger partial charge is 0.271 e. The van der Waals surface area contributed by atoms with Crippen LogP contribution in [0.4, 0.5) is 11.4 Å². The van der Waals surface area contributed by atoms with Gasteiger partial charge in [0.2, 0.25) is 0 Å². The Balaban J connectivity index is 2.07. The van der Waals surface area contributed by atoms with Crippen LogP contribution in [0.2, 0.25) is 0 Å². The topological polar surface area (TPSA) is 84.5 Å². The van der Waals surface area contributed by atoms with Crippen molar-refractivity contribution in [3.63, 3.8) is 0 Å². The largest absolute Gasteiger partial charge is 0.467 e. The first kappa shape index (κ1) is 17.8. The molecule has 0 aliphatic carbocycles. The Hall–Kier alpha value is -1.97. The maximum Gasteiger partial charge on any atom is 0.271 e. The van der Waals surface area contributed by atoms with Crippen molar-refractivity contribution in [2.75, 3.05) is 10.0 Å². The molecule has 132 valence electrons. The predicted molar refractivity (Wildman–Crippen MR) is 102 cm³/mol. The molecule has 1 aromatic carbocycles. The second-order valence-electron chi connectivity index (χ2n) is 5.69. The van der Waals surface area contributed by atoms with Crippen LogP contribution in [0.3, 0.4) is 0 Å². The van der Waals surface area contributed by atoms with Crippen molar-refractivity contribution < 1.29 is 17.9 Å². The van der Waals surface area contributed by atoms with Crippen molar-refractivity contribution in [3.8, 4) is 0 Å². The molecule has 2 N–H and O–H groups in total. The average molecular weight is 397 g/mol. The van der Waals surface area contributed by atoms with E-state index in [2.05, 4.69) is 10.0 Å². The molecule has 1 atom stereocenters. The minimum atomic E-state index is -3.75. The number of rotatable bonds is 4. The van der Waals surface area contributed by atoms with Crippen LogP contribution < -0.4 is 10.0 Å².